The van der Waals surface area contributed by atoms with Crippen LogP contribution in [0.1, 0.15) is 15.9 Å². The number of carbonyl (C=O) groups is 1. The third-order valence-corrected chi connectivity index (χ3v) is 3.04. The predicted molar refractivity (Wildman–Crippen MR) is 65.5 cm³/mol. The minimum atomic E-state index is 0.464. The van der Waals surface area contributed by atoms with E-state index < -0.39 is 0 Å². The molecule has 0 bridgehead atoms. The summed E-state index contributed by atoms with van der Waals surface area (Å²) < 4.78 is 5.54. The standard InChI is InChI=1S/C12H9ClO2S/c13-11-1-2-12(10(5-11)6-14)15-7-9-3-4-16-8-9/h1-6,8H,7H2. The number of thiophene rings is 1. The summed E-state index contributed by atoms with van der Waals surface area (Å²) in [5, 5.41) is 4.53. The van der Waals surface area contributed by atoms with Crippen LogP contribution >= 0.6 is 22.9 Å². The number of benzene rings is 1. The maximum absolute atomic E-state index is 10.8. The third kappa shape index (κ3) is 2.62. The summed E-state index contributed by atoms with van der Waals surface area (Å²) in [7, 11) is 0. The Labute approximate surface area is 102 Å². The molecule has 1 aromatic heterocycles. The highest BCUT2D eigenvalue weighted by atomic mass is 35.5. The van der Waals surface area contributed by atoms with Crippen molar-refractivity contribution in [2.75, 3.05) is 0 Å². The van der Waals surface area contributed by atoms with Crippen LogP contribution in [0.25, 0.3) is 0 Å². The van der Waals surface area contributed by atoms with Gasteiger partial charge in [0.05, 0.1) is 5.56 Å². The molecule has 1 aromatic carbocycles. The Bertz CT molecular complexity index is 480. The van der Waals surface area contributed by atoms with Crippen LogP contribution < -0.4 is 4.74 Å². The molecule has 0 atom stereocenters. The number of hydrogen-bond acceptors (Lipinski definition) is 3. The quantitative estimate of drug-likeness (QED) is 0.774. The number of hydrogen-bond donors (Lipinski definition) is 0. The van der Waals surface area contributed by atoms with Crippen LogP contribution in [0, 0.1) is 0 Å². The molecule has 0 saturated carbocycles. The van der Waals surface area contributed by atoms with Crippen molar-refractivity contribution in [2.24, 2.45) is 0 Å². The minimum absolute atomic E-state index is 0.464. The fraction of sp³-hybridized carbons (Fsp3) is 0.0833. The van der Waals surface area contributed by atoms with Crippen molar-refractivity contribution in [3.63, 3.8) is 0 Å². The molecule has 0 spiro atoms. The van der Waals surface area contributed by atoms with Crippen LogP contribution in [0.5, 0.6) is 5.75 Å². The molecule has 1 heterocycles. The molecule has 2 nitrogen and oxygen atoms in total. The van der Waals surface area contributed by atoms with Crippen LogP contribution in [-0.4, -0.2) is 6.29 Å². The van der Waals surface area contributed by atoms with Gasteiger partial charge in [0.25, 0.3) is 0 Å². The van der Waals surface area contributed by atoms with Crippen LogP contribution in [0.15, 0.2) is 35.0 Å². The third-order valence-electron chi connectivity index (χ3n) is 2.07. The van der Waals surface area contributed by atoms with Gasteiger partial charge in [-0.25, -0.2) is 0 Å². The van der Waals surface area contributed by atoms with Gasteiger partial charge in [-0.1, -0.05) is 11.6 Å². The highest BCUT2D eigenvalue weighted by Gasteiger charge is 2.04. The van der Waals surface area contributed by atoms with E-state index in [2.05, 4.69) is 0 Å². The lowest BCUT2D eigenvalue weighted by Crippen LogP contribution is -1.96. The van der Waals surface area contributed by atoms with E-state index in [1.807, 2.05) is 16.8 Å². The first-order chi connectivity index (χ1) is 7.79. The second-order valence-electron chi connectivity index (χ2n) is 3.22. The number of ether oxygens (including phenoxy) is 1. The van der Waals surface area contributed by atoms with Crippen LogP contribution in [0.2, 0.25) is 5.02 Å². The van der Waals surface area contributed by atoms with Gasteiger partial charge in [0.2, 0.25) is 0 Å². The maximum Gasteiger partial charge on any atom is 0.153 e. The maximum atomic E-state index is 10.8. The second-order valence-corrected chi connectivity index (χ2v) is 4.44. The van der Waals surface area contributed by atoms with Crippen molar-refractivity contribution < 1.29 is 9.53 Å². The largest absolute Gasteiger partial charge is 0.488 e. The molecule has 0 fully saturated rings. The van der Waals surface area contributed by atoms with E-state index in [9.17, 15) is 4.79 Å². The topological polar surface area (TPSA) is 26.3 Å². The van der Waals surface area contributed by atoms with Crippen molar-refractivity contribution in [1.82, 2.24) is 0 Å². The molecule has 2 aromatic rings. The first-order valence-corrected chi connectivity index (χ1v) is 6.00. The van der Waals surface area contributed by atoms with Crippen LogP contribution in [0.4, 0.5) is 0 Å². The highest BCUT2D eigenvalue weighted by Crippen LogP contribution is 2.22. The number of halogens is 1. The summed E-state index contributed by atoms with van der Waals surface area (Å²) in [6, 6.07) is 6.99. The van der Waals surface area contributed by atoms with Gasteiger partial charge in [0.1, 0.15) is 12.4 Å². The van der Waals surface area contributed by atoms with E-state index in [-0.39, 0.29) is 0 Å². The molecule has 82 valence electrons. The molecule has 0 saturated heterocycles. The summed E-state index contributed by atoms with van der Waals surface area (Å²) >= 11 is 7.40. The summed E-state index contributed by atoms with van der Waals surface area (Å²) in [6.45, 7) is 0.464. The summed E-state index contributed by atoms with van der Waals surface area (Å²) in [6.07, 6.45) is 0.745. The molecule has 16 heavy (non-hydrogen) atoms. The van der Waals surface area contributed by atoms with E-state index in [0.717, 1.165) is 11.8 Å². The molecule has 0 N–H and O–H groups in total. The lowest BCUT2D eigenvalue weighted by Gasteiger charge is -2.07. The Balaban J connectivity index is 2.12. The fourth-order valence-electron chi connectivity index (χ4n) is 1.28. The van der Waals surface area contributed by atoms with Crippen molar-refractivity contribution in [3.8, 4) is 5.75 Å². The molecule has 4 heteroatoms. The summed E-state index contributed by atoms with van der Waals surface area (Å²) in [5.74, 6) is 0.561. The molecule has 0 unspecified atom stereocenters. The first kappa shape index (κ1) is 11.2. The molecule has 0 aliphatic heterocycles. The number of aldehydes is 1. The Morgan fingerprint density at radius 1 is 1.38 bits per heavy atom. The molecule has 0 radical (unpaired) electrons. The van der Waals surface area contributed by atoms with E-state index in [1.165, 1.54) is 0 Å². The van der Waals surface area contributed by atoms with Crippen LogP contribution in [0.3, 0.4) is 0 Å². The van der Waals surface area contributed by atoms with Crippen molar-refractivity contribution in [3.05, 3.63) is 51.2 Å². The monoisotopic (exact) mass is 252 g/mol. The second kappa shape index (κ2) is 5.14. The van der Waals surface area contributed by atoms with Gasteiger partial charge in [-0.2, -0.15) is 11.3 Å². The Morgan fingerprint density at radius 3 is 2.94 bits per heavy atom. The van der Waals surface area contributed by atoms with Gasteiger partial charge < -0.3 is 4.74 Å². The van der Waals surface area contributed by atoms with Gasteiger partial charge in [0.15, 0.2) is 6.29 Å². The molecular weight excluding hydrogens is 244 g/mol. The predicted octanol–water partition coefficient (Wildman–Crippen LogP) is 3.79. The summed E-state index contributed by atoms with van der Waals surface area (Å²) in [5.41, 5.74) is 1.57. The molecular formula is C12H9ClO2S. The van der Waals surface area contributed by atoms with E-state index in [4.69, 9.17) is 16.3 Å². The van der Waals surface area contributed by atoms with Gasteiger partial charge in [0, 0.05) is 5.02 Å². The average molecular weight is 253 g/mol. The zero-order valence-electron chi connectivity index (χ0n) is 8.35. The smallest absolute Gasteiger partial charge is 0.153 e. The Hall–Kier alpha value is -1.32. The van der Waals surface area contributed by atoms with Gasteiger partial charge in [-0.05, 0) is 40.6 Å². The molecule has 0 aliphatic carbocycles. The molecule has 2 rings (SSSR count). The van der Waals surface area contributed by atoms with Gasteiger partial charge >= 0.3 is 0 Å². The normalized spacial score (nSPS) is 10.1. The zero-order valence-corrected chi connectivity index (χ0v) is 9.92. The molecule has 0 aliphatic rings. The Kier molecular flexibility index (Phi) is 3.59. The van der Waals surface area contributed by atoms with Gasteiger partial charge in [-0.3, -0.25) is 4.79 Å². The highest BCUT2D eigenvalue weighted by molar-refractivity contribution is 7.07. The van der Waals surface area contributed by atoms with Crippen molar-refractivity contribution >= 4 is 29.2 Å². The SMILES string of the molecule is O=Cc1cc(Cl)ccc1OCc1ccsc1. The first-order valence-electron chi connectivity index (χ1n) is 4.68. The molecule has 0 amide bonds. The zero-order chi connectivity index (χ0) is 11.4. The van der Waals surface area contributed by atoms with Crippen LogP contribution in [-0.2, 0) is 6.61 Å². The van der Waals surface area contributed by atoms with Crippen molar-refractivity contribution in [2.45, 2.75) is 6.61 Å². The minimum Gasteiger partial charge on any atom is -0.488 e. The number of rotatable bonds is 4. The lowest BCUT2D eigenvalue weighted by molar-refractivity contribution is 0.111. The van der Waals surface area contributed by atoms with E-state index >= 15 is 0 Å². The lowest BCUT2D eigenvalue weighted by atomic mass is 10.2. The van der Waals surface area contributed by atoms with E-state index in [1.54, 1.807) is 29.5 Å². The summed E-state index contributed by atoms with van der Waals surface area (Å²) in [4.78, 5) is 10.8. The van der Waals surface area contributed by atoms with Gasteiger partial charge in [-0.15, -0.1) is 0 Å². The fourth-order valence-corrected chi connectivity index (χ4v) is 2.11. The van der Waals surface area contributed by atoms with E-state index in [0.29, 0.717) is 22.9 Å². The number of carbonyl (C=O) groups excluding carboxylic acids is 1. The van der Waals surface area contributed by atoms with Crippen molar-refractivity contribution in [1.29, 1.82) is 0 Å². The average Bonchev–Trinajstić information content (AvgIpc) is 2.80. The Morgan fingerprint density at radius 2 is 2.25 bits per heavy atom.